The van der Waals surface area contributed by atoms with Gasteiger partial charge in [0, 0.05) is 22.6 Å². The Labute approximate surface area is 138 Å². The van der Waals surface area contributed by atoms with Crippen molar-refractivity contribution in [1.82, 2.24) is 5.32 Å². The molecule has 0 aromatic heterocycles. The van der Waals surface area contributed by atoms with Crippen LogP contribution in [-0.2, 0) is 6.54 Å². The molecule has 20 heavy (non-hydrogen) atoms. The van der Waals surface area contributed by atoms with Gasteiger partial charge in [-0.15, -0.1) is 0 Å². The second-order valence-electron chi connectivity index (χ2n) is 5.52. The first kappa shape index (κ1) is 16.3. The number of halogens is 2. The van der Waals surface area contributed by atoms with Crippen LogP contribution in [0.3, 0.4) is 0 Å². The molecule has 1 saturated carbocycles. The molecule has 2 nitrogen and oxygen atoms in total. The average molecular weight is 405 g/mol. The molecule has 1 aromatic rings. The lowest BCUT2D eigenvalue weighted by atomic mass is 9.99. The highest BCUT2D eigenvalue weighted by atomic mass is 79.9. The molecule has 0 spiro atoms. The Morgan fingerprint density at radius 2 is 2.00 bits per heavy atom. The number of benzene rings is 1. The monoisotopic (exact) mass is 403 g/mol. The van der Waals surface area contributed by atoms with Crippen molar-refractivity contribution in [2.45, 2.75) is 52.1 Å². The third kappa shape index (κ3) is 4.22. The van der Waals surface area contributed by atoms with Crippen molar-refractivity contribution in [1.29, 1.82) is 0 Å². The maximum absolute atomic E-state index is 5.77. The maximum atomic E-state index is 5.77. The molecule has 1 aliphatic carbocycles. The van der Waals surface area contributed by atoms with Crippen molar-refractivity contribution in [3.8, 4) is 5.75 Å². The van der Waals surface area contributed by atoms with E-state index in [1.54, 1.807) is 0 Å². The van der Waals surface area contributed by atoms with Crippen molar-refractivity contribution < 1.29 is 4.74 Å². The van der Waals surface area contributed by atoms with E-state index >= 15 is 0 Å². The molecular weight excluding hydrogens is 382 g/mol. The molecule has 1 aromatic carbocycles. The zero-order valence-corrected chi connectivity index (χ0v) is 15.4. The Balaban J connectivity index is 2.03. The number of ether oxygens (including phenoxy) is 1. The van der Waals surface area contributed by atoms with Gasteiger partial charge in [-0.3, -0.25) is 0 Å². The molecule has 1 fully saturated rings. The predicted octanol–water partition coefficient (Wildman–Crippen LogP) is 5.28. The summed E-state index contributed by atoms with van der Waals surface area (Å²) >= 11 is 7.15. The number of rotatable bonds is 6. The fourth-order valence-electron chi connectivity index (χ4n) is 2.95. The van der Waals surface area contributed by atoms with Gasteiger partial charge in [0.05, 0.1) is 11.1 Å². The third-order valence-corrected chi connectivity index (χ3v) is 5.14. The van der Waals surface area contributed by atoms with Crippen LogP contribution in [0, 0.1) is 5.92 Å². The van der Waals surface area contributed by atoms with E-state index in [9.17, 15) is 0 Å². The summed E-state index contributed by atoms with van der Waals surface area (Å²) in [6.07, 6.45) is 5.52. The lowest BCUT2D eigenvalue weighted by molar-refractivity contribution is 0.329. The second-order valence-corrected chi connectivity index (χ2v) is 7.29. The number of hydrogen-bond donors (Lipinski definition) is 1. The minimum Gasteiger partial charge on any atom is -0.492 e. The summed E-state index contributed by atoms with van der Waals surface area (Å²) in [6, 6.07) is 4.75. The first-order valence-corrected chi connectivity index (χ1v) is 9.04. The van der Waals surface area contributed by atoms with Crippen LogP contribution in [0.2, 0.25) is 0 Å². The Kier molecular flexibility index (Phi) is 6.37. The van der Waals surface area contributed by atoms with E-state index in [0.717, 1.165) is 27.2 Å². The van der Waals surface area contributed by atoms with Gasteiger partial charge in [0.25, 0.3) is 0 Å². The van der Waals surface area contributed by atoms with E-state index in [2.05, 4.69) is 50.2 Å². The van der Waals surface area contributed by atoms with Crippen molar-refractivity contribution >= 4 is 31.9 Å². The number of nitrogens with one attached hydrogen (secondary N) is 1. The molecule has 0 heterocycles. The first-order valence-electron chi connectivity index (χ1n) is 7.46. The summed E-state index contributed by atoms with van der Waals surface area (Å²) in [4.78, 5) is 0. The Bertz CT molecular complexity index is 444. The lowest BCUT2D eigenvalue weighted by Gasteiger charge is -2.21. The smallest absolute Gasteiger partial charge is 0.138 e. The van der Waals surface area contributed by atoms with E-state index in [1.807, 2.05) is 13.0 Å². The van der Waals surface area contributed by atoms with Crippen LogP contribution in [0.5, 0.6) is 5.75 Å². The average Bonchev–Trinajstić information content (AvgIpc) is 2.93. The molecule has 0 radical (unpaired) electrons. The normalized spacial score (nSPS) is 17.4. The lowest BCUT2D eigenvalue weighted by Crippen LogP contribution is -2.31. The molecule has 0 saturated heterocycles. The van der Waals surface area contributed by atoms with Crippen LogP contribution >= 0.6 is 31.9 Å². The van der Waals surface area contributed by atoms with E-state index in [-0.39, 0.29) is 0 Å². The first-order chi connectivity index (χ1) is 9.61. The standard InChI is InChI=1S/C16H23Br2NO/c1-3-20-16-13(8-14(17)9-15(16)18)10-19-11(2)12-6-4-5-7-12/h8-9,11-12,19H,3-7,10H2,1-2H3/t11-/m1/s1. The quantitative estimate of drug-likeness (QED) is 0.696. The molecule has 1 aliphatic rings. The fourth-order valence-corrected chi connectivity index (χ4v) is 4.37. The Morgan fingerprint density at radius 3 is 2.65 bits per heavy atom. The Hall–Kier alpha value is -0.0600. The minimum absolute atomic E-state index is 0.574. The largest absolute Gasteiger partial charge is 0.492 e. The SMILES string of the molecule is CCOc1c(Br)cc(Br)cc1CN[C@H](C)C1CCCC1. The van der Waals surface area contributed by atoms with Crippen LogP contribution in [0.1, 0.15) is 45.1 Å². The van der Waals surface area contributed by atoms with Gasteiger partial charge >= 0.3 is 0 Å². The molecule has 0 bridgehead atoms. The van der Waals surface area contributed by atoms with Crippen LogP contribution in [0.25, 0.3) is 0 Å². The van der Waals surface area contributed by atoms with Gasteiger partial charge in [-0.2, -0.15) is 0 Å². The zero-order chi connectivity index (χ0) is 14.5. The van der Waals surface area contributed by atoms with E-state index in [1.165, 1.54) is 31.2 Å². The molecule has 1 atom stereocenters. The third-order valence-electron chi connectivity index (χ3n) is 4.10. The van der Waals surface area contributed by atoms with Gasteiger partial charge in [-0.05, 0) is 60.7 Å². The van der Waals surface area contributed by atoms with Crippen LogP contribution in [0.15, 0.2) is 21.1 Å². The van der Waals surface area contributed by atoms with Crippen molar-refractivity contribution in [3.05, 3.63) is 26.6 Å². The van der Waals surface area contributed by atoms with E-state index in [4.69, 9.17) is 4.74 Å². The molecule has 0 amide bonds. The predicted molar refractivity (Wildman–Crippen MR) is 91.3 cm³/mol. The topological polar surface area (TPSA) is 21.3 Å². The summed E-state index contributed by atoms with van der Waals surface area (Å²) in [5.74, 6) is 1.79. The minimum atomic E-state index is 0.574. The molecule has 4 heteroatoms. The zero-order valence-electron chi connectivity index (χ0n) is 12.2. The molecular formula is C16H23Br2NO. The highest BCUT2D eigenvalue weighted by molar-refractivity contribution is 9.11. The maximum Gasteiger partial charge on any atom is 0.138 e. The van der Waals surface area contributed by atoms with Gasteiger partial charge in [0.15, 0.2) is 0 Å². The fraction of sp³-hybridized carbons (Fsp3) is 0.625. The molecule has 1 N–H and O–H groups in total. The molecule has 2 rings (SSSR count). The molecule has 0 unspecified atom stereocenters. The summed E-state index contributed by atoms with van der Waals surface area (Å²) in [7, 11) is 0. The highest BCUT2D eigenvalue weighted by Crippen LogP contribution is 2.33. The van der Waals surface area contributed by atoms with Gasteiger partial charge in [0.1, 0.15) is 5.75 Å². The van der Waals surface area contributed by atoms with Crippen LogP contribution in [-0.4, -0.2) is 12.6 Å². The van der Waals surface area contributed by atoms with Crippen molar-refractivity contribution in [3.63, 3.8) is 0 Å². The molecule has 112 valence electrons. The van der Waals surface area contributed by atoms with Gasteiger partial charge < -0.3 is 10.1 Å². The molecule has 0 aliphatic heterocycles. The van der Waals surface area contributed by atoms with Crippen molar-refractivity contribution in [2.75, 3.05) is 6.61 Å². The summed E-state index contributed by atoms with van der Waals surface area (Å²) in [5, 5.41) is 3.67. The van der Waals surface area contributed by atoms with Crippen LogP contribution in [0.4, 0.5) is 0 Å². The van der Waals surface area contributed by atoms with Gasteiger partial charge in [-0.1, -0.05) is 28.8 Å². The van der Waals surface area contributed by atoms with Gasteiger partial charge in [0.2, 0.25) is 0 Å². The van der Waals surface area contributed by atoms with Gasteiger partial charge in [-0.25, -0.2) is 0 Å². The number of hydrogen-bond acceptors (Lipinski definition) is 2. The van der Waals surface area contributed by atoms with Crippen LogP contribution < -0.4 is 10.1 Å². The highest BCUT2D eigenvalue weighted by Gasteiger charge is 2.21. The van der Waals surface area contributed by atoms with E-state index < -0.39 is 0 Å². The second kappa shape index (κ2) is 7.81. The summed E-state index contributed by atoms with van der Waals surface area (Å²) in [6.45, 7) is 5.87. The Morgan fingerprint density at radius 1 is 1.30 bits per heavy atom. The summed E-state index contributed by atoms with van der Waals surface area (Å²) in [5.41, 5.74) is 1.21. The summed E-state index contributed by atoms with van der Waals surface area (Å²) < 4.78 is 7.87. The van der Waals surface area contributed by atoms with E-state index in [0.29, 0.717) is 12.6 Å². The van der Waals surface area contributed by atoms with Crippen molar-refractivity contribution in [2.24, 2.45) is 5.92 Å².